The molecule has 0 saturated heterocycles. The largest absolute Gasteiger partial charge is 0.291 e. The number of hydrogen-bond donors (Lipinski definition) is 0. The van der Waals surface area contributed by atoms with Crippen molar-refractivity contribution in [1.29, 1.82) is 0 Å². The van der Waals surface area contributed by atoms with Crippen molar-refractivity contribution < 1.29 is 8.42 Å². The number of aromatic nitrogens is 2. The highest BCUT2D eigenvalue weighted by Gasteiger charge is 2.24. The molecular formula is C20H19Cl2N3O3S. The molecule has 2 aromatic carbocycles. The third-order valence-electron chi connectivity index (χ3n) is 4.56. The molecule has 0 aliphatic heterocycles. The molecule has 1 heterocycles. The van der Waals surface area contributed by atoms with E-state index in [4.69, 9.17) is 23.2 Å². The van der Waals surface area contributed by atoms with Crippen LogP contribution in [0.25, 0.3) is 5.69 Å². The van der Waals surface area contributed by atoms with Gasteiger partial charge in [-0.25, -0.2) is 8.42 Å². The van der Waals surface area contributed by atoms with Gasteiger partial charge in [-0.2, -0.15) is 14.1 Å². The first kappa shape index (κ1) is 21.5. The summed E-state index contributed by atoms with van der Waals surface area (Å²) in [5, 5.41) is 3.86. The molecule has 0 unspecified atom stereocenters. The molecule has 0 spiro atoms. The summed E-state index contributed by atoms with van der Waals surface area (Å²) in [6, 6.07) is 13.6. The first-order valence-corrected chi connectivity index (χ1v) is 11.0. The lowest BCUT2D eigenvalue weighted by atomic mass is 10.1. The fourth-order valence-corrected chi connectivity index (χ4v) is 4.53. The molecule has 0 aliphatic rings. The van der Waals surface area contributed by atoms with Crippen molar-refractivity contribution in [3.63, 3.8) is 0 Å². The Balaban J connectivity index is 1.92. The average Bonchev–Trinajstić information content (AvgIpc) is 2.71. The minimum Gasteiger partial charge on any atom is -0.266 e. The molecule has 0 amide bonds. The molecule has 1 aromatic heterocycles. The molecular weight excluding hydrogens is 433 g/mol. The summed E-state index contributed by atoms with van der Waals surface area (Å²) >= 11 is 11.7. The number of nitrogens with zero attached hydrogens (tertiary/aromatic N) is 3. The van der Waals surface area contributed by atoms with E-state index in [-0.39, 0.29) is 21.5 Å². The summed E-state index contributed by atoms with van der Waals surface area (Å²) in [7, 11) is -3.71. The molecule has 0 N–H and O–H groups in total. The van der Waals surface area contributed by atoms with Crippen molar-refractivity contribution in [2.24, 2.45) is 0 Å². The summed E-state index contributed by atoms with van der Waals surface area (Å²) in [4.78, 5) is 12.3. The lowest BCUT2D eigenvalue weighted by Crippen LogP contribution is -2.30. The van der Waals surface area contributed by atoms with E-state index in [0.717, 1.165) is 15.8 Å². The van der Waals surface area contributed by atoms with E-state index < -0.39 is 15.6 Å². The molecule has 0 bridgehead atoms. The van der Waals surface area contributed by atoms with Crippen molar-refractivity contribution in [3.8, 4) is 5.69 Å². The van der Waals surface area contributed by atoms with Crippen LogP contribution in [-0.2, 0) is 16.6 Å². The van der Waals surface area contributed by atoms with Crippen LogP contribution in [0.15, 0.2) is 64.4 Å². The second kappa shape index (κ2) is 8.67. The Morgan fingerprint density at radius 3 is 2.34 bits per heavy atom. The normalized spacial score (nSPS) is 11.8. The van der Waals surface area contributed by atoms with Gasteiger partial charge in [0.05, 0.1) is 21.8 Å². The second-order valence-corrected chi connectivity index (χ2v) is 9.10. The zero-order valence-corrected chi connectivity index (χ0v) is 18.2. The quantitative estimate of drug-likeness (QED) is 0.566. The minimum atomic E-state index is -3.71. The van der Waals surface area contributed by atoms with Crippen LogP contribution in [0.3, 0.4) is 0 Å². The standard InChI is InChI=1S/C20H19Cl2N3O3S/c1-3-24(13-15-7-5-4-6-14(15)2)29(27,28)17-10-8-16(9-11-17)25-20(26)19(22)18(21)12-23-25/h4-12H,3,13H2,1-2H3. The molecule has 152 valence electrons. The van der Waals surface area contributed by atoms with Crippen molar-refractivity contribution in [2.45, 2.75) is 25.3 Å². The van der Waals surface area contributed by atoms with Crippen molar-refractivity contribution in [3.05, 3.63) is 86.3 Å². The van der Waals surface area contributed by atoms with Gasteiger partial charge < -0.3 is 0 Å². The van der Waals surface area contributed by atoms with Gasteiger partial charge in [-0.15, -0.1) is 0 Å². The Morgan fingerprint density at radius 2 is 1.72 bits per heavy atom. The number of hydrogen-bond acceptors (Lipinski definition) is 4. The predicted octanol–water partition coefficient (Wildman–Crippen LogP) is 4.06. The van der Waals surface area contributed by atoms with Gasteiger partial charge in [0.2, 0.25) is 10.0 Å². The van der Waals surface area contributed by atoms with Crippen molar-refractivity contribution in [2.75, 3.05) is 6.54 Å². The topological polar surface area (TPSA) is 72.3 Å². The molecule has 9 heteroatoms. The molecule has 0 aliphatic carbocycles. The summed E-state index contributed by atoms with van der Waals surface area (Å²) in [5.41, 5.74) is 1.78. The SMILES string of the molecule is CCN(Cc1ccccc1C)S(=O)(=O)c1ccc(-n2ncc(Cl)c(Cl)c2=O)cc1. The van der Waals surface area contributed by atoms with Crippen LogP contribution in [0.1, 0.15) is 18.1 Å². The number of benzene rings is 2. The van der Waals surface area contributed by atoms with Crippen molar-refractivity contribution in [1.82, 2.24) is 14.1 Å². The Labute approximate surface area is 179 Å². The van der Waals surface area contributed by atoms with Crippen LogP contribution in [-0.4, -0.2) is 29.0 Å². The minimum absolute atomic E-state index is 0.0573. The van der Waals surface area contributed by atoms with Crippen LogP contribution in [0.4, 0.5) is 0 Å². The molecule has 0 radical (unpaired) electrons. The molecule has 0 fully saturated rings. The Morgan fingerprint density at radius 1 is 1.07 bits per heavy atom. The van der Waals surface area contributed by atoms with Crippen LogP contribution in [0, 0.1) is 6.92 Å². The van der Waals surface area contributed by atoms with E-state index in [0.29, 0.717) is 12.2 Å². The van der Waals surface area contributed by atoms with Gasteiger partial charge in [0.25, 0.3) is 5.56 Å². The lowest BCUT2D eigenvalue weighted by Gasteiger charge is -2.21. The molecule has 29 heavy (non-hydrogen) atoms. The van der Waals surface area contributed by atoms with Gasteiger partial charge in [0.15, 0.2) is 0 Å². The van der Waals surface area contributed by atoms with E-state index in [1.54, 1.807) is 6.92 Å². The summed E-state index contributed by atoms with van der Waals surface area (Å²) in [6.45, 7) is 4.35. The maximum absolute atomic E-state index is 13.1. The highest BCUT2D eigenvalue weighted by atomic mass is 35.5. The Hall–Kier alpha value is -2.19. The highest BCUT2D eigenvalue weighted by molar-refractivity contribution is 7.89. The Bertz CT molecular complexity index is 1190. The van der Waals surface area contributed by atoms with E-state index in [1.165, 1.54) is 34.8 Å². The van der Waals surface area contributed by atoms with E-state index >= 15 is 0 Å². The zero-order valence-electron chi connectivity index (χ0n) is 15.8. The van der Waals surface area contributed by atoms with Gasteiger partial charge in [0.1, 0.15) is 5.02 Å². The average molecular weight is 452 g/mol. The molecule has 6 nitrogen and oxygen atoms in total. The zero-order chi connectivity index (χ0) is 21.2. The van der Waals surface area contributed by atoms with E-state index in [1.807, 2.05) is 31.2 Å². The number of rotatable bonds is 6. The smallest absolute Gasteiger partial charge is 0.266 e. The van der Waals surface area contributed by atoms with Gasteiger partial charge >= 0.3 is 0 Å². The summed E-state index contributed by atoms with van der Waals surface area (Å²) in [6.07, 6.45) is 1.26. The number of halogens is 2. The number of sulfonamides is 1. The monoisotopic (exact) mass is 451 g/mol. The fourth-order valence-electron chi connectivity index (χ4n) is 2.85. The maximum Gasteiger partial charge on any atom is 0.291 e. The Kier molecular flexibility index (Phi) is 6.43. The molecule has 0 atom stereocenters. The van der Waals surface area contributed by atoms with Crippen LogP contribution in [0.2, 0.25) is 10.0 Å². The molecule has 3 rings (SSSR count). The van der Waals surface area contributed by atoms with E-state index in [2.05, 4.69) is 5.10 Å². The maximum atomic E-state index is 13.1. The van der Waals surface area contributed by atoms with Gasteiger partial charge in [-0.1, -0.05) is 54.4 Å². The first-order chi connectivity index (χ1) is 13.8. The molecule has 3 aromatic rings. The molecule has 0 saturated carbocycles. The first-order valence-electron chi connectivity index (χ1n) is 8.84. The third-order valence-corrected chi connectivity index (χ3v) is 7.24. The lowest BCUT2D eigenvalue weighted by molar-refractivity contribution is 0.422. The van der Waals surface area contributed by atoms with Crippen LogP contribution in [0.5, 0.6) is 0 Å². The van der Waals surface area contributed by atoms with Crippen molar-refractivity contribution >= 4 is 33.2 Å². The van der Waals surface area contributed by atoms with Gasteiger partial charge in [0, 0.05) is 13.1 Å². The van der Waals surface area contributed by atoms with E-state index in [9.17, 15) is 13.2 Å². The highest BCUT2D eigenvalue weighted by Crippen LogP contribution is 2.21. The number of aryl methyl sites for hydroxylation is 1. The predicted molar refractivity (Wildman–Crippen MR) is 114 cm³/mol. The second-order valence-electron chi connectivity index (χ2n) is 6.38. The van der Waals surface area contributed by atoms with Gasteiger partial charge in [-0.3, -0.25) is 4.79 Å². The summed E-state index contributed by atoms with van der Waals surface area (Å²) in [5.74, 6) is 0. The van der Waals surface area contributed by atoms with Gasteiger partial charge in [-0.05, 0) is 42.3 Å². The van der Waals surface area contributed by atoms with Crippen LogP contribution < -0.4 is 5.56 Å². The third kappa shape index (κ3) is 4.38. The summed E-state index contributed by atoms with van der Waals surface area (Å²) < 4.78 is 28.7. The van der Waals surface area contributed by atoms with Crippen LogP contribution >= 0.6 is 23.2 Å². The fraction of sp³-hybridized carbons (Fsp3) is 0.200.